The van der Waals surface area contributed by atoms with E-state index in [0.29, 0.717) is 6.54 Å². The number of rotatable bonds is 4. The zero-order valence-electron chi connectivity index (χ0n) is 14.5. The molecule has 1 aliphatic rings. The van der Waals surface area contributed by atoms with E-state index in [2.05, 4.69) is 40.2 Å². The van der Waals surface area contributed by atoms with Gasteiger partial charge in [0.2, 0.25) is 0 Å². The molecule has 0 spiro atoms. The minimum Gasteiger partial charge on any atom is -0.497 e. The molecule has 2 N–H and O–H groups in total. The van der Waals surface area contributed by atoms with Crippen molar-refractivity contribution in [1.29, 1.82) is 0 Å². The lowest BCUT2D eigenvalue weighted by molar-refractivity contribution is 0.0478. The number of β-amino-alcohol motifs (C(OH)–C–C–N with tert-alkyl or cyclic N) is 1. The standard InChI is InChI=1S/C21H24N2O2/c1-25-17-6-2-4-15(12-17)19-9-11-23(14-21(19)24)13-16-5-3-7-20-18(16)8-10-22-20/h2-8,10,12,19,21-22,24H,9,11,13-14H2,1H3/t19-,21+/m0/s1. The highest BCUT2D eigenvalue weighted by Crippen LogP contribution is 2.31. The number of H-pyrrole nitrogens is 1. The second-order valence-corrected chi connectivity index (χ2v) is 6.83. The lowest BCUT2D eigenvalue weighted by Gasteiger charge is -2.36. The zero-order chi connectivity index (χ0) is 17.2. The number of benzene rings is 2. The van der Waals surface area contributed by atoms with Crippen molar-refractivity contribution in [2.45, 2.75) is 25.0 Å². The van der Waals surface area contributed by atoms with Crippen molar-refractivity contribution in [2.24, 2.45) is 0 Å². The van der Waals surface area contributed by atoms with Crippen LogP contribution in [0.25, 0.3) is 10.9 Å². The number of aromatic amines is 1. The van der Waals surface area contributed by atoms with Crippen molar-refractivity contribution in [3.8, 4) is 5.75 Å². The number of aliphatic hydroxyl groups excluding tert-OH is 1. The molecular weight excluding hydrogens is 312 g/mol. The van der Waals surface area contributed by atoms with E-state index in [-0.39, 0.29) is 12.0 Å². The zero-order valence-corrected chi connectivity index (χ0v) is 14.5. The van der Waals surface area contributed by atoms with Crippen LogP contribution in [0.5, 0.6) is 5.75 Å². The summed E-state index contributed by atoms with van der Waals surface area (Å²) in [5.41, 5.74) is 3.65. The Morgan fingerprint density at radius 1 is 1.20 bits per heavy atom. The van der Waals surface area contributed by atoms with Crippen molar-refractivity contribution in [1.82, 2.24) is 9.88 Å². The predicted molar refractivity (Wildman–Crippen MR) is 99.9 cm³/mol. The summed E-state index contributed by atoms with van der Waals surface area (Å²) in [6.45, 7) is 2.56. The first kappa shape index (κ1) is 16.2. The summed E-state index contributed by atoms with van der Waals surface area (Å²) in [6.07, 6.45) is 2.58. The Balaban J connectivity index is 1.47. The Labute approximate surface area is 148 Å². The molecule has 0 aliphatic carbocycles. The number of aliphatic hydroxyl groups is 1. The lowest BCUT2D eigenvalue weighted by atomic mass is 9.87. The van der Waals surface area contributed by atoms with Gasteiger partial charge in [0.1, 0.15) is 5.75 Å². The number of likely N-dealkylation sites (tertiary alicyclic amines) is 1. The Hall–Kier alpha value is -2.30. The lowest BCUT2D eigenvalue weighted by Crippen LogP contribution is -2.42. The normalized spacial score (nSPS) is 21.5. The van der Waals surface area contributed by atoms with E-state index in [4.69, 9.17) is 4.74 Å². The smallest absolute Gasteiger partial charge is 0.119 e. The molecule has 0 unspecified atom stereocenters. The highest BCUT2D eigenvalue weighted by Gasteiger charge is 2.29. The Morgan fingerprint density at radius 3 is 2.92 bits per heavy atom. The minimum absolute atomic E-state index is 0.175. The maximum atomic E-state index is 10.7. The van der Waals surface area contributed by atoms with Crippen LogP contribution in [0.1, 0.15) is 23.5 Å². The largest absolute Gasteiger partial charge is 0.497 e. The maximum absolute atomic E-state index is 10.7. The fraction of sp³-hybridized carbons (Fsp3) is 0.333. The molecule has 1 saturated heterocycles. The second-order valence-electron chi connectivity index (χ2n) is 6.83. The van der Waals surface area contributed by atoms with Gasteiger partial charge in [-0.1, -0.05) is 24.3 Å². The van der Waals surface area contributed by atoms with Gasteiger partial charge in [-0.25, -0.2) is 0 Å². The number of piperidine rings is 1. The molecule has 4 heteroatoms. The summed E-state index contributed by atoms with van der Waals surface area (Å²) in [7, 11) is 1.68. The average Bonchev–Trinajstić information content (AvgIpc) is 3.12. The molecule has 4 rings (SSSR count). The molecule has 130 valence electrons. The van der Waals surface area contributed by atoms with Crippen LogP contribution in [0.15, 0.2) is 54.7 Å². The molecule has 0 bridgehead atoms. The molecule has 1 fully saturated rings. The molecule has 2 heterocycles. The van der Waals surface area contributed by atoms with E-state index >= 15 is 0 Å². The molecule has 2 aromatic carbocycles. The number of nitrogens with one attached hydrogen (secondary N) is 1. The van der Waals surface area contributed by atoms with Crippen molar-refractivity contribution >= 4 is 10.9 Å². The molecular formula is C21H24N2O2. The van der Waals surface area contributed by atoms with Gasteiger partial charge in [0, 0.05) is 36.1 Å². The van der Waals surface area contributed by atoms with Gasteiger partial charge in [-0.2, -0.15) is 0 Å². The number of hydrogen-bond acceptors (Lipinski definition) is 3. The first-order valence-corrected chi connectivity index (χ1v) is 8.84. The number of hydrogen-bond donors (Lipinski definition) is 2. The van der Waals surface area contributed by atoms with Gasteiger partial charge in [0.25, 0.3) is 0 Å². The first-order chi connectivity index (χ1) is 12.2. The van der Waals surface area contributed by atoms with Crippen LogP contribution in [0.4, 0.5) is 0 Å². The molecule has 1 aromatic heterocycles. The quantitative estimate of drug-likeness (QED) is 0.766. The van der Waals surface area contributed by atoms with E-state index < -0.39 is 0 Å². The Bertz CT molecular complexity index is 858. The third kappa shape index (κ3) is 3.28. The number of ether oxygens (including phenoxy) is 1. The molecule has 0 saturated carbocycles. The van der Waals surface area contributed by atoms with Gasteiger partial charge in [-0.15, -0.1) is 0 Å². The van der Waals surface area contributed by atoms with Gasteiger partial charge in [0.15, 0.2) is 0 Å². The molecule has 0 radical (unpaired) electrons. The van der Waals surface area contributed by atoms with Crippen LogP contribution in [0.2, 0.25) is 0 Å². The highest BCUT2D eigenvalue weighted by molar-refractivity contribution is 5.82. The predicted octanol–water partition coefficient (Wildman–Crippen LogP) is 3.53. The van der Waals surface area contributed by atoms with E-state index in [1.54, 1.807) is 7.11 Å². The summed E-state index contributed by atoms with van der Waals surface area (Å²) in [4.78, 5) is 5.62. The van der Waals surface area contributed by atoms with Gasteiger partial charge >= 0.3 is 0 Å². The SMILES string of the molecule is COc1cccc([C@@H]2CCN(Cc3cccc4[nH]ccc34)C[C@H]2O)c1. The maximum Gasteiger partial charge on any atom is 0.119 e. The third-order valence-corrected chi connectivity index (χ3v) is 5.27. The fourth-order valence-corrected chi connectivity index (χ4v) is 3.93. The highest BCUT2D eigenvalue weighted by atomic mass is 16.5. The monoisotopic (exact) mass is 336 g/mol. The molecule has 0 amide bonds. The fourth-order valence-electron chi connectivity index (χ4n) is 3.93. The topological polar surface area (TPSA) is 48.5 Å². The van der Waals surface area contributed by atoms with Crippen LogP contribution in [0.3, 0.4) is 0 Å². The number of fused-ring (bicyclic) bond motifs is 1. The van der Waals surface area contributed by atoms with E-state index in [9.17, 15) is 5.11 Å². The summed E-state index contributed by atoms with van der Waals surface area (Å²) in [5, 5.41) is 12.0. The van der Waals surface area contributed by atoms with Gasteiger partial charge in [-0.3, -0.25) is 4.90 Å². The summed E-state index contributed by atoms with van der Waals surface area (Å²) in [5.74, 6) is 1.03. The van der Waals surface area contributed by atoms with Crippen LogP contribution in [-0.4, -0.2) is 41.3 Å². The minimum atomic E-state index is -0.355. The third-order valence-electron chi connectivity index (χ3n) is 5.27. The summed E-state index contributed by atoms with van der Waals surface area (Å²) >= 11 is 0. The van der Waals surface area contributed by atoms with Crippen molar-refractivity contribution in [3.63, 3.8) is 0 Å². The van der Waals surface area contributed by atoms with E-state index in [1.165, 1.54) is 22.0 Å². The first-order valence-electron chi connectivity index (χ1n) is 8.84. The van der Waals surface area contributed by atoms with Crippen LogP contribution in [0, 0.1) is 0 Å². The molecule has 2 atom stereocenters. The Kier molecular flexibility index (Phi) is 4.47. The van der Waals surface area contributed by atoms with E-state index in [1.807, 2.05) is 24.4 Å². The average molecular weight is 336 g/mol. The van der Waals surface area contributed by atoms with Gasteiger partial charge in [-0.05, 0) is 48.4 Å². The van der Waals surface area contributed by atoms with Crippen molar-refractivity contribution in [2.75, 3.05) is 20.2 Å². The summed E-state index contributed by atoms with van der Waals surface area (Å²) < 4.78 is 5.32. The Morgan fingerprint density at radius 2 is 2.08 bits per heavy atom. The number of nitrogens with zero attached hydrogens (tertiary/aromatic N) is 1. The molecule has 25 heavy (non-hydrogen) atoms. The van der Waals surface area contributed by atoms with Gasteiger partial charge < -0.3 is 14.8 Å². The van der Waals surface area contributed by atoms with Crippen molar-refractivity contribution < 1.29 is 9.84 Å². The number of aromatic nitrogens is 1. The van der Waals surface area contributed by atoms with Crippen LogP contribution >= 0.6 is 0 Å². The second kappa shape index (κ2) is 6.90. The van der Waals surface area contributed by atoms with Crippen LogP contribution in [-0.2, 0) is 6.54 Å². The summed E-state index contributed by atoms with van der Waals surface area (Å²) in [6, 6.07) is 16.6. The molecule has 4 nitrogen and oxygen atoms in total. The molecule has 3 aromatic rings. The van der Waals surface area contributed by atoms with E-state index in [0.717, 1.165) is 25.3 Å². The van der Waals surface area contributed by atoms with Gasteiger partial charge in [0.05, 0.1) is 13.2 Å². The number of methoxy groups -OCH3 is 1. The van der Waals surface area contributed by atoms with Crippen molar-refractivity contribution in [3.05, 3.63) is 65.9 Å². The van der Waals surface area contributed by atoms with Crippen LogP contribution < -0.4 is 4.74 Å². The molecule has 1 aliphatic heterocycles.